The highest BCUT2D eigenvalue weighted by atomic mass is 32.2. The number of hydrogen-bond donors (Lipinski definition) is 1. The van der Waals surface area contributed by atoms with E-state index in [4.69, 9.17) is 0 Å². The van der Waals surface area contributed by atoms with Gasteiger partial charge >= 0.3 is 0 Å². The first-order valence-electron chi connectivity index (χ1n) is 8.35. The second-order valence-electron chi connectivity index (χ2n) is 6.21. The minimum atomic E-state index is 0.560. The number of fused-ring (bicyclic) bond motifs is 1. The predicted octanol–water partition coefficient (Wildman–Crippen LogP) is 4.72. The van der Waals surface area contributed by atoms with Gasteiger partial charge in [-0.15, -0.1) is 0 Å². The van der Waals surface area contributed by atoms with Crippen molar-refractivity contribution >= 4 is 11.8 Å². The summed E-state index contributed by atoms with van der Waals surface area (Å²) in [6.07, 6.45) is 9.78. The van der Waals surface area contributed by atoms with Gasteiger partial charge in [-0.3, -0.25) is 0 Å². The maximum atomic E-state index is 3.78. The molecule has 1 aromatic rings. The topological polar surface area (TPSA) is 12.0 Å². The van der Waals surface area contributed by atoms with Crippen molar-refractivity contribution in [3.63, 3.8) is 0 Å². The Kier molecular flexibility index (Phi) is 5.06. The normalized spacial score (nSPS) is 27.2. The number of rotatable bonds is 4. The van der Waals surface area contributed by atoms with Crippen molar-refractivity contribution in [1.29, 1.82) is 0 Å². The molecule has 2 heteroatoms. The van der Waals surface area contributed by atoms with Crippen LogP contribution in [0.25, 0.3) is 0 Å². The molecule has 0 aliphatic heterocycles. The summed E-state index contributed by atoms with van der Waals surface area (Å²) in [5.74, 6) is 0. The van der Waals surface area contributed by atoms with Gasteiger partial charge in [0, 0.05) is 16.5 Å². The summed E-state index contributed by atoms with van der Waals surface area (Å²) in [7, 11) is 0. The summed E-state index contributed by atoms with van der Waals surface area (Å²) in [5.41, 5.74) is 3.15. The molecule has 0 amide bonds. The number of aryl methyl sites for hydroxylation is 1. The van der Waals surface area contributed by atoms with Crippen molar-refractivity contribution in [2.24, 2.45) is 0 Å². The highest BCUT2D eigenvalue weighted by Crippen LogP contribution is 2.41. The van der Waals surface area contributed by atoms with E-state index in [9.17, 15) is 0 Å². The van der Waals surface area contributed by atoms with Gasteiger partial charge in [0.05, 0.1) is 0 Å². The van der Waals surface area contributed by atoms with E-state index >= 15 is 0 Å². The number of nitrogens with one attached hydrogen (secondary N) is 1. The lowest BCUT2D eigenvalue weighted by Crippen LogP contribution is -2.31. The molecule has 110 valence electrons. The number of hydrogen-bond acceptors (Lipinski definition) is 2. The van der Waals surface area contributed by atoms with Gasteiger partial charge in [0.2, 0.25) is 0 Å². The summed E-state index contributed by atoms with van der Waals surface area (Å²) in [6.45, 7) is 3.31. The minimum absolute atomic E-state index is 0.560. The Morgan fingerprint density at radius 1 is 1.10 bits per heavy atom. The third-order valence-electron chi connectivity index (χ3n) is 4.79. The van der Waals surface area contributed by atoms with Gasteiger partial charge in [-0.25, -0.2) is 0 Å². The van der Waals surface area contributed by atoms with E-state index in [0.717, 1.165) is 17.0 Å². The first-order valence-corrected chi connectivity index (χ1v) is 9.29. The van der Waals surface area contributed by atoms with Crippen LogP contribution >= 0.6 is 11.8 Å². The molecule has 0 aromatic heterocycles. The SMILES string of the molecule is CCNC1c2ccccc2CCCC1SC1CCCC1. The molecule has 2 atom stereocenters. The summed E-state index contributed by atoms with van der Waals surface area (Å²) >= 11 is 2.29. The van der Waals surface area contributed by atoms with Crippen LogP contribution in [0, 0.1) is 0 Å². The monoisotopic (exact) mass is 289 g/mol. The summed E-state index contributed by atoms with van der Waals surface area (Å²) < 4.78 is 0. The second kappa shape index (κ2) is 7.00. The zero-order chi connectivity index (χ0) is 13.8. The number of thioether (sulfide) groups is 1. The molecular weight excluding hydrogens is 262 g/mol. The van der Waals surface area contributed by atoms with Crippen LogP contribution in [0.1, 0.15) is 62.6 Å². The molecule has 0 radical (unpaired) electrons. The molecule has 2 aliphatic rings. The van der Waals surface area contributed by atoms with E-state index in [-0.39, 0.29) is 0 Å². The molecular formula is C18H27NS. The zero-order valence-corrected chi connectivity index (χ0v) is 13.4. The Bertz CT molecular complexity index is 425. The Balaban J connectivity index is 1.81. The number of benzene rings is 1. The molecule has 20 heavy (non-hydrogen) atoms. The van der Waals surface area contributed by atoms with Crippen LogP contribution in [-0.2, 0) is 6.42 Å². The van der Waals surface area contributed by atoms with Crippen LogP contribution < -0.4 is 5.32 Å². The summed E-state index contributed by atoms with van der Waals surface area (Å²) in [6, 6.07) is 9.67. The van der Waals surface area contributed by atoms with E-state index in [1.165, 1.54) is 44.9 Å². The van der Waals surface area contributed by atoms with Crippen molar-refractivity contribution in [3.8, 4) is 0 Å². The Morgan fingerprint density at radius 2 is 1.90 bits per heavy atom. The average Bonchev–Trinajstić information content (AvgIpc) is 2.91. The standard InChI is InChI=1S/C18H27NS/c1-2-19-18-16-12-6-3-8-14(16)9-7-13-17(18)20-15-10-4-5-11-15/h3,6,8,12,15,17-19H,2,4-5,7,9-11,13H2,1H3. The maximum absolute atomic E-state index is 3.78. The highest BCUT2D eigenvalue weighted by molar-refractivity contribution is 8.00. The summed E-state index contributed by atoms with van der Waals surface area (Å²) in [5, 5.41) is 5.47. The first kappa shape index (κ1) is 14.5. The van der Waals surface area contributed by atoms with Crippen LogP contribution in [0.5, 0.6) is 0 Å². The van der Waals surface area contributed by atoms with E-state index in [1.54, 1.807) is 11.1 Å². The van der Waals surface area contributed by atoms with Crippen LogP contribution in [0.2, 0.25) is 0 Å². The Hall–Kier alpha value is -0.470. The van der Waals surface area contributed by atoms with Crippen molar-refractivity contribution in [1.82, 2.24) is 5.32 Å². The van der Waals surface area contributed by atoms with Crippen LogP contribution in [0.3, 0.4) is 0 Å². The lowest BCUT2D eigenvalue weighted by Gasteiger charge is -2.29. The van der Waals surface area contributed by atoms with Gasteiger partial charge in [0.15, 0.2) is 0 Å². The smallest absolute Gasteiger partial charge is 0.0443 e. The first-order chi connectivity index (χ1) is 9.88. The molecule has 0 spiro atoms. The van der Waals surface area contributed by atoms with Gasteiger partial charge in [0.1, 0.15) is 0 Å². The maximum Gasteiger partial charge on any atom is 0.0443 e. The molecule has 2 aliphatic carbocycles. The van der Waals surface area contributed by atoms with E-state index in [0.29, 0.717) is 6.04 Å². The third kappa shape index (κ3) is 3.23. The fraction of sp³-hybridized carbons (Fsp3) is 0.667. The van der Waals surface area contributed by atoms with Crippen molar-refractivity contribution in [2.45, 2.75) is 68.4 Å². The van der Waals surface area contributed by atoms with Gasteiger partial charge in [0.25, 0.3) is 0 Å². The van der Waals surface area contributed by atoms with Gasteiger partial charge in [-0.05, 0) is 49.8 Å². The van der Waals surface area contributed by atoms with Gasteiger partial charge in [-0.1, -0.05) is 44.0 Å². The molecule has 1 saturated carbocycles. The van der Waals surface area contributed by atoms with E-state index in [1.807, 2.05) is 0 Å². The molecule has 1 aromatic carbocycles. The van der Waals surface area contributed by atoms with Crippen molar-refractivity contribution in [3.05, 3.63) is 35.4 Å². The average molecular weight is 289 g/mol. The molecule has 1 fully saturated rings. The fourth-order valence-corrected chi connectivity index (χ4v) is 5.61. The highest BCUT2D eigenvalue weighted by Gasteiger charge is 2.30. The summed E-state index contributed by atoms with van der Waals surface area (Å²) in [4.78, 5) is 0. The fourth-order valence-electron chi connectivity index (χ4n) is 3.81. The Morgan fingerprint density at radius 3 is 2.70 bits per heavy atom. The minimum Gasteiger partial charge on any atom is -0.309 e. The molecule has 0 bridgehead atoms. The van der Waals surface area contributed by atoms with Crippen LogP contribution in [-0.4, -0.2) is 17.0 Å². The van der Waals surface area contributed by atoms with Crippen molar-refractivity contribution in [2.75, 3.05) is 6.54 Å². The molecule has 3 rings (SSSR count). The second-order valence-corrected chi connectivity index (χ2v) is 7.75. The predicted molar refractivity (Wildman–Crippen MR) is 89.4 cm³/mol. The molecule has 1 N–H and O–H groups in total. The molecule has 0 heterocycles. The van der Waals surface area contributed by atoms with Crippen LogP contribution in [0.4, 0.5) is 0 Å². The van der Waals surface area contributed by atoms with Gasteiger partial charge in [-0.2, -0.15) is 11.8 Å². The third-order valence-corrected chi connectivity index (χ3v) is 6.50. The molecule has 1 nitrogen and oxygen atoms in total. The van der Waals surface area contributed by atoms with Crippen LogP contribution in [0.15, 0.2) is 24.3 Å². The zero-order valence-electron chi connectivity index (χ0n) is 12.6. The quantitative estimate of drug-likeness (QED) is 0.805. The largest absolute Gasteiger partial charge is 0.309 e. The lowest BCUT2D eigenvalue weighted by atomic mass is 9.99. The van der Waals surface area contributed by atoms with E-state index in [2.05, 4.69) is 48.3 Å². The van der Waals surface area contributed by atoms with E-state index < -0.39 is 0 Å². The van der Waals surface area contributed by atoms with Crippen molar-refractivity contribution < 1.29 is 0 Å². The van der Waals surface area contributed by atoms with Gasteiger partial charge < -0.3 is 5.32 Å². The lowest BCUT2D eigenvalue weighted by molar-refractivity contribution is 0.515. The molecule has 2 unspecified atom stereocenters. The molecule has 0 saturated heterocycles. The Labute approximate surface area is 127 Å².